The quantitative estimate of drug-likeness (QED) is 0.345. The Kier molecular flexibility index (Phi) is 8.82. The average Bonchev–Trinajstić information content (AvgIpc) is 3.53. The van der Waals surface area contributed by atoms with E-state index in [-0.39, 0.29) is 36.3 Å². The van der Waals surface area contributed by atoms with Crippen molar-refractivity contribution < 1.29 is 28.8 Å². The number of aliphatic hydroxyl groups excluding tert-OH is 1. The van der Waals surface area contributed by atoms with E-state index in [0.29, 0.717) is 19.8 Å². The number of ether oxygens (including phenoxy) is 4. The van der Waals surface area contributed by atoms with Crippen LogP contribution in [0.15, 0.2) is 48.5 Å². The van der Waals surface area contributed by atoms with Crippen molar-refractivity contribution in [2.24, 2.45) is 23.7 Å². The fourth-order valence-corrected chi connectivity index (χ4v) is 9.97. The lowest BCUT2D eigenvalue weighted by Gasteiger charge is -2.56. The molecule has 7 aliphatic rings. The average molecular weight is 646 g/mol. The van der Waals surface area contributed by atoms with E-state index in [2.05, 4.69) is 58.9 Å². The molecule has 2 aromatic rings. The molecule has 4 saturated carbocycles. The molecular formula is C38H51N3O6. The Bertz CT molecular complexity index is 1350. The maximum Gasteiger partial charge on any atom is 0.315 e. The lowest BCUT2D eigenvalue weighted by molar-refractivity contribution is -0.278. The first-order chi connectivity index (χ1) is 22.9. The summed E-state index contributed by atoms with van der Waals surface area (Å²) in [6.07, 6.45) is 8.58. The molecule has 3 saturated heterocycles. The predicted octanol–water partition coefficient (Wildman–Crippen LogP) is 5.58. The molecule has 1 spiro atoms. The fraction of sp³-hybridized carbons (Fsp3) is 0.658. The second-order valence-corrected chi connectivity index (χ2v) is 15.5. The first kappa shape index (κ1) is 31.7. The van der Waals surface area contributed by atoms with Crippen molar-refractivity contribution in [3.63, 3.8) is 0 Å². The van der Waals surface area contributed by atoms with Gasteiger partial charge in [-0.25, -0.2) is 4.79 Å². The molecule has 7 fully saturated rings. The monoisotopic (exact) mass is 645 g/mol. The lowest BCUT2D eigenvalue weighted by atomic mass is 9.53. The zero-order valence-corrected chi connectivity index (χ0v) is 27.7. The van der Waals surface area contributed by atoms with Crippen LogP contribution in [0, 0.1) is 23.7 Å². The molecule has 3 heterocycles. The molecule has 9 nitrogen and oxygen atoms in total. The van der Waals surface area contributed by atoms with Gasteiger partial charge < -0.3 is 39.6 Å². The largest absolute Gasteiger partial charge is 0.392 e. The highest BCUT2D eigenvalue weighted by Crippen LogP contribution is 2.55. The van der Waals surface area contributed by atoms with Crippen molar-refractivity contribution >= 4 is 6.03 Å². The molecular weight excluding hydrogens is 594 g/mol. The van der Waals surface area contributed by atoms with Crippen LogP contribution in [0.1, 0.15) is 92.9 Å². The van der Waals surface area contributed by atoms with Gasteiger partial charge in [-0.1, -0.05) is 55.5 Å². The van der Waals surface area contributed by atoms with Crippen LogP contribution in [-0.2, 0) is 32.1 Å². The summed E-state index contributed by atoms with van der Waals surface area (Å²) < 4.78 is 25.3. The third kappa shape index (κ3) is 6.72. The molecule has 9 rings (SSSR count). The van der Waals surface area contributed by atoms with Crippen molar-refractivity contribution in [1.29, 1.82) is 0 Å². The number of likely N-dealkylation sites (tertiary alicyclic amines) is 1. The minimum atomic E-state index is -0.516. The number of hydrogen-bond acceptors (Lipinski definition) is 7. The first-order valence-electron chi connectivity index (χ1n) is 18.0. The third-order valence-electron chi connectivity index (χ3n) is 12.1. The summed E-state index contributed by atoms with van der Waals surface area (Å²) in [4.78, 5) is 15.5. The molecule has 4 bridgehead atoms. The summed E-state index contributed by atoms with van der Waals surface area (Å²) in [6.45, 7) is 6.70. The molecule has 2 amide bonds. The maximum absolute atomic E-state index is 13.0. The maximum atomic E-state index is 13.0. The molecule has 47 heavy (non-hydrogen) atoms. The van der Waals surface area contributed by atoms with Gasteiger partial charge in [0, 0.05) is 56.0 Å². The zero-order chi connectivity index (χ0) is 32.0. The van der Waals surface area contributed by atoms with Crippen LogP contribution in [0.5, 0.6) is 0 Å². The van der Waals surface area contributed by atoms with E-state index in [1.807, 2.05) is 12.1 Å². The van der Waals surface area contributed by atoms with E-state index < -0.39 is 12.1 Å². The van der Waals surface area contributed by atoms with Gasteiger partial charge in [-0.05, 0) is 73.0 Å². The topological polar surface area (TPSA) is 102 Å². The van der Waals surface area contributed by atoms with Crippen molar-refractivity contribution in [3.05, 3.63) is 70.8 Å². The number of rotatable bonds is 8. The molecule has 9 heteroatoms. The van der Waals surface area contributed by atoms with Crippen LogP contribution < -0.4 is 10.6 Å². The highest BCUT2D eigenvalue weighted by Gasteiger charge is 2.51. The second kappa shape index (κ2) is 13.1. The van der Waals surface area contributed by atoms with Crippen LogP contribution in [-0.4, -0.2) is 66.3 Å². The molecule has 254 valence electrons. The summed E-state index contributed by atoms with van der Waals surface area (Å²) in [5.41, 5.74) is 3.99. The fourth-order valence-electron chi connectivity index (χ4n) is 9.97. The van der Waals surface area contributed by atoms with E-state index >= 15 is 0 Å². The van der Waals surface area contributed by atoms with Crippen LogP contribution in [0.3, 0.4) is 0 Å². The number of nitrogens with one attached hydrogen (secondary N) is 2. The van der Waals surface area contributed by atoms with Gasteiger partial charge in [-0.15, -0.1) is 0 Å². The predicted molar refractivity (Wildman–Crippen MR) is 176 cm³/mol. The van der Waals surface area contributed by atoms with Crippen LogP contribution in [0.4, 0.5) is 4.79 Å². The Morgan fingerprint density at radius 1 is 0.851 bits per heavy atom. The SMILES string of the molecule is C[C@@H]1[C@H](CN2CCC3(CC2)OCCO3)O[C@H](c2ccc(CNC(=O)NC34CC5CC(CC(C5)C3)C4)cc2)O[C@@H]1c1ccc(CO)cc1. The number of carbonyl (C=O) groups excluding carboxylic acids is 1. The van der Waals surface area contributed by atoms with Crippen molar-refractivity contribution in [2.45, 2.75) is 101 Å². The van der Waals surface area contributed by atoms with E-state index in [0.717, 1.165) is 91.7 Å². The highest BCUT2D eigenvalue weighted by atomic mass is 16.7. The van der Waals surface area contributed by atoms with Gasteiger partial charge in [0.05, 0.1) is 32.0 Å². The molecule has 0 radical (unpaired) electrons. The lowest BCUT2D eigenvalue weighted by Crippen LogP contribution is -2.61. The molecule has 0 unspecified atom stereocenters. The minimum absolute atomic E-state index is 0.00859. The first-order valence-corrected chi connectivity index (χ1v) is 18.0. The minimum Gasteiger partial charge on any atom is -0.392 e. The molecule has 0 aromatic heterocycles. The van der Waals surface area contributed by atoms with Crippen molar-refractivity contribution in [3.8, 4) is 0 Å². The zero-order valence-electron chi connectivity index (χ0n) is 27.7. The van der Waals surface area contributed by atoms with Crippen LogP contribution in [0.25, 0.3) is 0 Å². The third-order valence-corrected chi connectivity index (χ3v) is 12.1. The standard InChI is InChI=1S/C38H51N3O6/c1-25-33(23-41-12-10-38(11-13-41)44-14-15-45-38)46-35(47-34(25)31-6-4-27(24-42)5-7-31)32-8-2-26(3-9-32)22-39-36(43)40-37-19-28-16-29(20-37)18-30(17-28)21-37/h2-9,25,28-30,33-35,42H,10-24H2,1H3,(H2,39,40,43)/t25-,28?,29?,30?,33+,34+,35+,37?/m1/s1. The summed E-state index contributed by atoms with van der Waals surface area (Å²) in [6, 6.07) is 16.3. The number of aliphatic hydroxyl groups is 1. The Labute approximate surface area is 278 Å². The number of nitrogens with zero attached hydrogens (tertiary/aromatic N) is 1. The van der Waals surface area contributed by atoms with Gasteiger partial charge in [0.2, 0.25) is 0 Å². The molecule has 3 aliphatic heterocycles. The smallest absolute Gasteiger partial charge is 0.315 e. The summed E-state index contributed by atoms with van der Waals surface area (Å²) in [5.74, 6) is 2.12. The van der Waals surface area contributed by atoms with Gasteiger partial charge in [-0.3, -0.25) is 0 Å². The van der Waals surface area contributed by atoms with Gasteiger partial charge >= 0.3 is 6.03 Å². The van der Waals surface area contributed by atoms with E-state index in [9.17, 15) is 9.90 Å². The van der Waals surface area contributed by atoms with Crippen molar-refractivity contribution in [2.75, 3.05) is 32.8 Å². The number of hydrogen-bond donors (Lipinski definition) is 3. The molecule has 4 atom stereocenters. The van der Waals surface area contributed by atoms with E-state index in [4.69, 9.17) is 18.9 Å². The number of urea groups is 1. The second-order valence-electron chi connectivity index (χ2n) is 15.5. The normalized spacial score (nSPS) is 36.1. The number of amides is 2. The Morgan fingerprint density at radius 3 is 2.06 bits per heavy atom. The Hall–Kier alpha value is -2.53. The number of piperidine rings is 1. The van der Waals surface area contributed by atoms with Gasteiger partial charge in [0.15, 0.2) is 12.1 Å². The van der Waals surface area contributed by atoms with E-state index in [1.165, 1.54) is 19.3 Å². The molecule has 2 aromatic carbocycles. The number of carbonyl (C=O) groups is 1. The Morgan fingerprint density at radius 2 is 1.45 bits per heavy atom. The summed E-state index contributed by atoms with van der Waals surface area (Å²) >= 11 is 0. The van der Waals surface area contributed by atoms with Gasteiger partial charge in [-0.2, -0.15) is 0 Å². The Balaban J connectivity index is 0.917. The van der Waals surface area contributed by atoms with Crippen LogP contribution in [0.2, 0.25) is 0 Å². The highest BCUT2D eigenvalue weighted by molar-refractivity contribution is 5.75. The van der Waals surface area contributed by atoms with Gasteiger partial charge in [0.1, 0.15) is 0 Å². The summed E-state index contributed by atoms with van der Waals surface area (Å²) in [7, 11) is 0. The van der Waals surface area contributed by atoms with Crippen LogP contribution >= 0.6 is 0 Å². The van der Waals surface area contributed by atoms with Gasteiger partial charge in [0.25, 0.3) is 0 Å². The van der Waals surface area contributed by atoms with E-state index in [1.54, 1.807) is 0 Å². The molecule has 4 aliphatic carbocycles. The number of benzene rings is 2. The van der Waals surface area contributed by atoms with Crippen molar-refractivity contribution in [1.82, 2.24) is 15.5 Å². The summed E-state index contributed by atoms with van der Waals surface area (Å²) in [5, 5.41) is 16.1. The molecule has 3 N–H and O–H groups in total.